The third-order valence-corrected chi connectivity index (χ3v) is 20.9. The van der Waals surface area contributed by atoms with Gasteiger partial charge in [0.25, 0.3) is 20.0 Å². The third-order valence-electron chi connectivity index (χ3n) is 16.7. The monoisotopic (exact) mass is 1410 g/mol. The number of anilines is 2. The van der Waals surface area contributed by atoms with E-state index in [1.165, 1.54) is 102 Å². The van der Waals surface area contributed by atoms with E-state index in [1.54, 1.807) is 48.5 Å². The average molecular weight is 1410 g/mol. The Morgan fingerprint density at radius 2 is 0.969 bits per heavy atom. The van der Waals surface area contributed by atoms with Crippen LogP contribution in [0.2, 0.25) is 10.2 Å². The molecule has 4 heterocycles. The van der Waals surface area contributed by atoms with Crippen molar-refractivity contribution in [2.45, 2.75) is 110 Å². The molecule has 0 radical (unpaired) electrons. The average Bonchev–Trinajstić information content (AvgIpc) is 0.784. The Morgan fingerprint density at radius 3 is 1.39 bits per heavy atom. The minimum Gasteiger partial charge on any atom is -0.497 e. The molecule has 0 spiro atoms. The van der Waals surface area contributed by atoms with Gasteiger partial charge in [0.1, 0.15) is 80.2 Å². The third kappa shape index (κ3) is 17.1. The SMILES string of the molecule is COc1ccc(CN(c2ccncn2)S(=O)(=O)c2cnc(Cl)cc2O[C@H]2CC[C@H](c3cccc(C(F)(F)F)c3)C[C@@H]2N(C)C)c(OC)c1.COc1ccc(CN(c2ccncn2)S(=O)(=O)c2cnc(O[C@H]3CC[C@H](c4cccc(C(F)(F)F)c4)C[C@@H]3N(C)C)cc2Cl)c(OC)c1. The summed E-state index contributed by atoms with van der Waals surface area (Å²) >= 11 is 12.9. The second-order valence-corrected chi connectivity index (χ2v) is 27.5. The molecule has 30 heteroatoms. The molecule has 2 saturated carbocycles. The van der Waals surface area contributed by atoms with E-state index < -0.39 is 49.6 Å². The Balaban J connectivity index is 0.000000225. The summed E-state index contributed by atoms with van der Waals surface area (Å²) < 4.78 is 174. The van der Waals surface area contributed by atoms with Crippen molar-refractivity contribution < 1.29 is 71.6 Å². The summed E-state index contributed by atoms with van der Waals surface area (Å²) in [6.45, 7) is -0.322. The number of rotatable bonds is 22. The highest BCUT2D eigenvalue weighted by Gasteiger charge is 2.40. The van der Waals surface area contributed by atoms with Gasteiger partial charge in [0.05, 0.1) is 70.1 Å². The van der Waals surface area contributed by atoms with E-state index >= 15 is 0 Å². The number of sulfonamides is 2. The Labute approximate surface area is 563 Å². The van der Waals surface area contributed by atoms with E-state index in [1.807, 2.05) is 38.0 Å². The maximum Gasteiger partial charge on any atom is 0.416 e. The molecular weight excluding hydrogens is 1340 g/mol. The topological polar surface area (TPSA) is 214 Å². The molecule has 8 aromatic rings. The molecule has 4 aromatic carbocycles. The largest absolute Gasteiger partial charge is 0.497 e. The summed E-state index contributed by atoms with van der Waals surface area (Å²) in [5, 5.41) is -0.0896. The van der Waals surface area contributed by atoms with E-state index in [2.05, 4.69) is 29.9 Å². The van der Waals surface area contributed by atoms with Crippen molar-refractivity contribution in [1.82, 2.24) is 39.7 Å². The van der Waals surface area contributed by atoms with Gasteiger partial charge in [-0.25, -0.2) is 55.3 Å². The zero-order chi connectivity index (χ0) is 69.3. The molecule has 0 unspecified atom stereocenters. The van der Waals surface area contributed by atoms with Crippen LogP contribution in [0.15, 0.2) is 156 Å². The first kappa shape index (κ1) is 72.0. The van der Waals surface area contributed by atoms with Gasteiger partial charge in [0.15, 0.2) is 0 Å². The fourth-order valence-electron chi connectivity index (χ4n) is 11.8. The fourth-order valence-corrected chi connectivity index (χ4v) is 15.2. The minimum atomic E-state index is -4.45. The summed E-state index contributed by atoms with van der Waals surface area (Å²) in [4.78, 5) is 28.0. The lowest BCUT2D eigenvalue weighted by Gasteiger charge is -2.40. The van der Waals surface area contributed by atoms with Gasteiger partial charge in [-0.15, -0.1) is 0 Å². The number of ether oxygens (including phenoxy) is 6. The van der Waals surface area contributed by atoms with Crippen molar-refractivity contribution in [3.05, 3.63) is 190 Å². The van der Waals surface area contributed by atoms with Gasteiger partial charge in [-0.05, 0) is 126 Å². The van der Waals surface area contributed by atoms with Crippen LogP contribution >= 0.6 is 23.2 Å². The molecule has 4 aromatic heterocycles. The van der Waals surface area contributed by atoms with Gasteiger partial charge in [-0.1, -0.05) is 59.6 Å². The van der Waals surface area contributed by atoms with E-state index in [0.29, 0.717) is 83.8 Å². The minimum absolute atomic E-state index is 0.00915. The molecule has 0 saturated heterocycles. The van der Waals surface area contributed by atoms with Gasteiger partial charge < -0.3 is 38.2 Å². The maximum absolute atomic E-state index is 14.5. The zero-order valence-corrected chi connectivity index (χ0v) is 56.5. The van der Waals surface area contributed by atoms with Crippen molar-refractivity contribution in [2.24, 2.45) is 0 Å². The molecule has 2 fully saturated rings. The van der Waals surface area contributed by atoms with Crippen molar-refractivity contribution in [3.8, 4) is 34.6 Å². The molecule has 6 atom stereocenters. The highest BCUT2D eigenvalue weighted by atomic mass is 35.5. The first-order valence-electron chi connectivity index (χ1n) is 29.9. The number of hydrogen-bond donors (Lipinski definition) is 0. The number of benzene rings is 4. The van der Waals surface area contributed by atoms with Crippen LogP contribution in [0.3, 0.4) is 0 Å². The Kier molecular flexibility index (Phi) is 23.1. The molecule has 10 rings (SSSR count). The van der Waals surface area contributed by atoms with Crippen LogP contribution in [0.1, 0.15) is 83.7 Å². The molecule has 0 bridgehead atoms. The van der Waals surface area contributed by atoms with Crippen LogP contribution in [0, 0.1) is 0 Å². The van der Waals surface area contributed by atoms with Crippen LogP contribution in [-0.4, -0.2) is 137 Å². The van der Waals surface area contributed by atoms with Gasteiger partial charge in [-0.2, -0.15) is 26.3 Å². The highest BCUT2D eigenvalue weighted by Crippen LogP contribution is 2.43. The number of alkyl halides is 6. The summed E-state index contributed by atoms with van der Waals surface area (Å²) in [7, 11) is 4.70. The van der Waals surface area contributed by atoms with Gasteiger partial charge in [-0.3, -0.25) is 0 Å². The van der Waals surface area contributed by atoms with Crippen molar-refractivity contribution in [1.29, 1.82) is 0 Å². The molecule has 2 aliphatic carbocycles. The summed E-state index contributed by atoms with van der Waals surface area (Å²) in [5.41, 5.74) is 0.938. The van der Waals surface area contributed by atoms with Gasteiger partial charge >= 0.3 is 12.4 Å². The summed E-state index contributed by atoms with van der Waals surface area (Å²) in [6.07, 6.45) is 1.03. The summed E-state index contributed by atoms with van der Waals surface area (Å²) in [6, 6.07) is 26.1. The normalized spacial score (nSPS) is 18.4. The molecule has 512 valence electrons. The molecule has 0 N–H and O–H groups in total. The van der Waals surface area contributed by atoms with Gasteiger partial charge in [0.2, 0.25) is 5.88 Å². The first-order valence-corrected chi connectivity index (χ1v) is 33.6. The molecule has 0 aliphatic heterocycles. The van der Waals surface area contributed by atoms with Crippen molar-refractivity contribution >= 4 is 54.9 Å². The summed E-state index contributed by atoms with van der Waals surface area (Å²) in [5.74, 6) is 1.94. The zero-order valence-electron chi connectivity index (χ0n) is 53.4. The van der Waals surface area contributed by atoms with E-state index in [-0.39, 0.29) is 86.3 Å². The van der Waals surface area contributed by atoms with Crippen LogP contribution in [0.5, 0.6) is 34.6 Å². The Morgan fingerprint density at radius 1 is 0.510 bits per heavy atom. The second kappa shape index (κ2) is 30.8. The van der Waals surface area contributed by atoms with Crippen LogP contribution in [0.25, 0.3) is 0 Å². The van der Waals surface area contributed by atoms with Crippen molar-refractivity contribution in [2.75, 3.05) is 65.2 Å². The van der Waals surface area contributed by atoms with Crippen LogP contribution < -0.4 is 37.0 Å². The fraction of sp³-hybridized carbons (Fsp3) is 0.364. The molecule has 20 nitrogen and oxygen atoms in total. The van der Waals surface area contributed by atoms with Gasteiger partial charge in [0, 0.05) is 72.0 Å². The van der Waals surface area contributed by atoms with E-state index in [0.717, 1.165) is 33.1 Å². The Hall–Kier alpha value is -8.28. The predicted molar refractivity (Wildman–Crippen MR) is 348 cm³/mol. The lowest BCUT2D eigenvalue weighted by Crippen LogP contribution is -2.46. The van der Waals surface area contributed by atoms with Crippen molar-refractivity contribution in [3.63, 3.8) is 0 Å². The second-order valence-electron chi connectivity index (χ2n) is 23.1. The number of halogens is 8. The number of hydrogen-bond acceptors (Lipinski definition) is 18. The quantitative estimate of drug-likeness (QED) is 0.0455. The van der Waals surface area contributed by atoms with E-state index in [4.69, 9.17) is 51.6 Å². The predicted octanol–water partition coefficient (Wildman–Crippen LogP) is 13.2. The number of likely N-dealkylation sites (N-methyl/N-ethyl adjacent to an activating group) is 2. The lowest BCUT2D eigenvalue weighted by molar-refractivity contribution is -0.138. The number of methoxy groups -OCH3 is 4. The maximum atomic E-state index is 14.5. The van der Waals surface area contributed by atoms with E-state index in [9.17, 15) is 43.2 Å². The molecule has 96 heavy (non-hydrogen) atoms. The molecular formula is C66H70Cl2F6N10O10S2. The molecule has 2 aliphatic rings. The Bertz CT molecular complexity index is 4200. The number of pyridine rings is 2. The molecule has 0 amide bonds. The highest BCUT2D eigenvalue weighted by molar-refractivity contribution is 7.93. The number of nitrogens with zero attached hydrogens (tertiary/aromatic N) is 10. The van der Waals surface area contributed by atoms with Crippen LogP contribution in [-0.2, 0) is 45.5 Å². The van der Waals surface area contributed by atoms with Crippen LogP contribution in [0.4, 0.5) is 38.0 Å². The standard InChI is InChI=1S/2C33H35ClF3N5O5S/c1-41(2)27-15-22(21-6-5-7-24(14-21)33(35,36)37)9-11-28(27)47-32-17-26(34)30(18-39-32)48(43,44)42(31-12-13-38-20-40-31)19-23-8-10-25(45-3)16-29(23)46-4;1-41(2)26-15-22(21-6-5-7-24(14-21)33(35,36)37)9-11-27(26)47-29-17-31(34)39-18-30(29)48(43,44)42(32-12-13-38-20-40-32)19-23-8-10-25(45-3)16-28(23)46-4/h5-8,10,12-14,16-18,20,22,27-28H,9,11,15,19H2,1-4H3;5-8,10,12-14,16-18,20,22,26-27H,9,11,15,19H2,1-4H3/t22-,27-,28-;22-,26-,27-/m00/s1. The first-order chi connectivity index (χ1) is 45.6. The smallest absolute Gasteiger partial charge is 0.416 e. The number of aromatic nitrogens is 6. The lowest BCUT2D eigenvalue weighted by atomic mass is 9.79.